The highest BCUT2D eigenvalue weighted by atomic mass is 32.1. The number of carboxylic acid groups (broad SMARTS) is 1. The minimum atomic E-state index is -1.10. The number of aryl methyl sites for hydroxylation is 2. The lowest BCUT2D eigenvalue weighted by molar-refractivity contribution is -0.138. The largest absolute Gasteiger partial charge is 0.480 e. The molecular weight excluding hydrogens is 933 g/mol. The van der Waals surface area contributed by atoms with Crippen molar-refractivity contribution in [1.29, 1.82) is 0 Å². The predicted octanol–water partition coefficient (Wildman–Crippen LogP) is 10.9. The number of carboxylic acids is 1. The molecule has 2 aromatic heterocycles. The van der Waals surface area contributed by atoms with Gasteiger partial charge in [0.25, 0.3) is 0 Å². The van der Waals surface area contributed by atoms with E-state index in [2.05, 4.69) is 45.5 Å². The number of ether oxygens (including phenoxy) is 3. The molecule has 0 bridgehead atoms. The van der Waals surface area contributed by atoms with Gasteiger partial charge in [0.15, 0.2) is 12.6 Å². The first-order valence-corrected chi connectivity index (χ1v) is 23.9. The molecule has 0 spiro atoms. The quantitative estimate of drug-likeness (QED) is 0.0574. The molecule has 2 heterocycles. The van der Waals surface area contributed by atoms with Gasteiger partial charge in [-0.05, 0) is 105 Å². The number of alkyl carbamates (subject to hydrolysis) is 2. The summed E-state index contributed by atoms with van der Waals surface area (Å²) < 4.78 is 15.8. The summed E-state index contributed by atoms with van der Waals surface area (Å²) >= 11 is 2.66. The molecule has 4 aromatic carbocycles. The fourth-order valence-corrected chi connectivity index (χ4v) is 9.57. The number of aldehydes is 2. The number of carbonyl (C=O) groups excluding carboxylic acids is 6. The van der Waals surface area contributed by atoms with Crippen LogP contribution in [0.2, 0.25) is 0 Å². The van der Waals surface area contributed by atoms with E-state index in [4.69, 9.17) is 19.3 Å². The third-order valence-corrected chi connectivity index (χ3v) is 13.0. The molecule has 2 aliphatic carbocycles. The van der Waals surface area contributed by atoms with Gasteiger partial charge >= 0.3 is 24.2 Å². The fourth-order valence-electron chi connectivity index (χ4n) is 7.82. The van der Waals surface area contributed by atoms with E-state index in [-0.39, 0.29) is 25.0 Å². The molecule has 70 heavy (non-hydrogen) atoms. The number of rotatable bonds is 12. The number of fused-ring (bicyclic) bond motifs is 6. The summed E-state index contributed by atoms with van der Waals surface area (Å²) in [5, 5.41) is 19.9. The van der Waals surface area contributed by atoms with Gasteiger partial charge in [0.05, 0.1) is 0 Å². The second kappa shape index (κ2) is 23.1. The second-order valence-electron chi connectivity index (χ2n) is 17.4. The van der Waals surface area contributed by atoms with Crippen molar-refractivity contribution >= 4 is 75.4 Å². The van der Waals surface area contributed by atoms with Crippen LogP contribution in [0.1, 0.15) is 99.2 Å². The molecule has 2 aliphatic rings. The van der Waals surface area contributed by atoms with Gasteiger partial charge in [-0.2, -0.15) is 0 Å². The van der Waals surface area contributed by atoms with Crippen molar-refractivity contribution in [2.75, 3.05) is 23.8 Å². The van der Waals surface area contributed by atoms with E-state index in [0.717, 1.165) is 60.5 Å². The summed E-state index contributed by atoms with van der Waals surface area (Å²) in [5.41, 5.74) is 9.44. The summed E-state index contributed by atoms with van der Waals surface area (Å²) in [7, 11) is 0. The first kappa shape index (κ1) is 51.8. The molecule has 6 aromatic rings. The molecule has 8 rings (SSSR count). The van der Waals surface area contributed by atoms with Crippen molar-refractivity contribution in [3.8, 4) is 22.3 Å². The van der Waals surface area contributed by atoms with Gasteiger partial charge < -0.3 is 35.3 Å². The van der Waals surface area contributed by atoms with Gasteiger partial charge in [-0.15, -0.1) is 22.7 Å². The van der Waals surface area contributed by atoms with Gasteiger partial charge in [0, 0.05) is 32.7 Å². The Bertz CT molecular complexity index is 2810. The number of thiophene rings is 2. The van der Waals surface area contributed by atoms with Crippen LogP contribution in [0.4, 0.5) is 24.4 Å². The summed E-state index contributed by atoms with van der Waals surface area (Å²) in [6.07, 6.45) is -0.513. The number of nitrogens with one attached hydrogen (secondary N) is 4. The van der Waals surface area contributed by atoms with Crippen LogP contribution in [0.25, 0.3) is 22.3 Å². The molecule has 2 atom stereocenters. The highest BCUT2D eigenvalue weighted by Crippen LogP contribution is 2.45. The first-order chi connectivity index (χ1) is 33.4. The number of benzene rings is 4. The molecule has 0 saturated carbocycles. The first-order valence-electron chi connectivity index (χ1n) is 22.2. The smallest absolute Gasteiger partial charge is 0.412 e. The van der Waals surface area contributed by atoms with Gasteiger partial charge in [0.1, 0.15) is 40.9 Å². The summed E-state index contributed by atoms with van der Waals surface area (Å²) in [6, 6.07) is 33.9. The molecule has 17 heteroatoms. The van der Waals surface area contributed by atoms with Crippen LogP contribution < -0.4 is 21.3 Å². The summed E-state index contributed by atoms with van der Waals surface area (Å²) in [4.78, 5) is 82.5. The maximum absolute atomic E-state index is 12.4. The Morgan fingerprint density at radius 1 is 0.586 bits per heavy atom. The van der Waals surface area contributed by atoms with E-state index in [1.54, 1.807) is 39.8 Å². The molecule has 0 fully saturated rings. The van der Waals surface area contributed by atoms with Gasteiger partial charge in [0.2, 0.25) is 5.91 Å². The SMILES string of the molecule is C[C@H](NC(=O)OCC1c2ccccc2-c2ccccc21)C(=O)O.Cc1cc(C=O)c(NC(=O)OC(C)(C)C)s1.Cc1cc(C=O)c(NC(=O)[C@H](C)NC(=O)OCC2c3ccccc3-c3ccccc32)s1. The highest BCUT2D eigenvalue weighted by Gasteiger charge is 2.31. The highest BCUT2D eigenvalue weighted by molar-refractivity contribution is 7.17. The Hall–Kier alpha value is -7.63. The van der Waals surface area contributed by atoms with Crippen molar-refractivity contribution < 1.29 is 52.9 Å². The van der Waals surface area contributed by atoms with Crippen LogP contribution in [0.5, 0.6) is 0 Å². The Morgan fingerprint density at radius 3 is 1.30 bits per heavy atom. The minimum Gasteiger partial charge on any atom is -0.480 e. The molecule has 0 unspecified atom stereocenters. The summed E-state index contributed by atoms with van der Waals surface area (Å²) in [6.45, 7) is 12.4. The van der Waals surface area contributed by atoms with Crippen molar-refractivity contribution in [3.63, 3.8) is 0 Å². The topological polar surface area (TPSA) is 216 Å². The zero-order chi connectivity index (χ0) is 50.7. The second-order valence-corrected chi connectivity index (χ2v) is 19.9. The van der Waals surface area contributed by atoms with Crippen LogP contribution in [-0.2, 0) is 23.8 Å². The molecule has 0 saturated heterocycles. The Balaban J connectivity index is 0.000000182. The van der Waals surface area contributed by atoms with E-state index in [0.29, 0.717) is 27.4 Å². The number of carbonyl (C=O) groups is 7. The lowest BCUT2D eigenvalue weighted by Crippen LogP contribution is -2.42. The molecule has 0 aliphatic heterocycles. The standard InChI is InChI=1S/C24H22N2O4S.C18H17NO4.C11H15NO3S/c1-14-11-16(12-27)23(31-14)26-22(28)15(2)25-24(29)30-13-21-19-9-5-3-7-17(19)18-8-4-6-10-20(18)21;1-11(17(20)21)19-18(22)23-10-16-14-8-4-2-6-12(14)13-7-3-5-9-15(13)16;1-7-5-8(6-13)9(16-7)12-10(14)15-11(2,3)4/h3-12,15,21H,13H2,1-2H3,(H,25,29)(H,26,28);2-9,11,16H,10H2,1H3,(H,19,22)(H,20,21);5-6H,1-4H3,(H,12,14)/t15-;11-;/m00./s1. The van der Waals surface area contributed by atoms with E-state index in [9.17, 15) is 33.6 Å². The van der Waals surface area contributed by atoms with Crippen LogP contribution in [-0.4, -0.2) is 78.7 Å². The number of amides is 4. The maximum Gasteiger partial charge on any atom is 0.412 e. The monoisotopic (exact) mass is 986 g/mol. The van der Waals surface area contributed by atoms with E-state index >= 15 is 0 Å². The minimum absolute atomic E-state index is 0.0340. The van der Waals surface area contributed by atoms with Crippen LogP contribution in [0.3, 0.4) is 0 Å². The van der Waals surface area contributed by atoms with Gasteiger partial charge in [-0.3, -0.25) is 24.5 Å². The molecule has 15 nitrogen and oxygen atoms in total. The molecule has 5 N–H and O–H groups in total. The Morgan fingerprint density at radius 2 is 0.943 bits per heavy atom. The number of aliphatic carboxylic acids is 1. The fraction of sp³-hybridized carbons (Fsp3) is 0.264. The van der Waals surface area contributed by atoms with E-state index < -0.39 is 47.8 Å². The van der Waals surface area contributed by atoms with Gasteiger partial charge in [-0.1, -0.05) is 97.1 Å². The van der Waals surface area contributed by atoms with E-state index in [1.165, 1.54) is 29.6 Å². The average Bonchev–Trinajstić information content (AvgIpc) is 4.06. The zero-order valence-electron chi connectivity index (χ0n) is 39.6. The zero-order valence-corrected chi connectivity index (χ0v) is 41.2. The van der Waals surface area contributed by atoms with Crippen molar-refractivity contribution in [2.24, 2.45) is 0 Å². The normalized spacial score (nSPS) is 12.8. The Kier molecular flexibility index (Phi) is 17.1. The molecule has 4 amide bonds. The van der Waals surface area contributed by atoms with Crippen molar-refractivity contribution in [3.05, 3.63) is 152 Å². The van der Waals surface area contributed by atoms with Crippen molar-refractivity contribution in [1.82, 2.24) is 10.6 Å². The van der Waals surface area contributed by atoms with Crippen molar-refractivity contribution in [2.45, 2.75) is 78.0 Å². The third kappa shape index (κ3) is 13.1. The van der Waals surface area contributed by atoms with Gasteiger partial charge in [-0.25, -0.2) is 14.4 Å². The summed E-state index contributed by atoms with van der Waals surface area (Å²) in [5.74, 6) is -1.60. The molecular formula is C53H54N4O11S2. The maximum atomic E-state index is 12.4. The lowest BCUT2D eigenvalue weighted by atomic mass is 9.98. The number of hydrogen-bond acceptors (Lipinski definition) is 12. The van der Waals surface area contributed by atoms with Crippen LogP contribution >= 0.6 is 22.7 Å². The average molecular weight is 987 g/mol. The number of hydrogen-bond donors (Lipinski definition) is 5. The molecule has 0 radical (unpaired) electrons. The number of anilines is 2. The van der Waals surface area contributed by atoms with E-state index in [1.807, 2.05) is 86.6 Å². The predicted molar refractivity (Wildman–Crippen MR) is 270 cm³/mol. The van der Waals surface area contributed by atoms with Crippen LogP contribution in [0.15, 0.2) is 109 Å². The Labute approximate surface area is 413 Å². The van der Waals surface area contributed by atoms with Crippen LogP contribution in [0, 0.1) is 13.8 Å². The molecule has 364 valence electrons. The third-order valence-electron chi connectivity index (χ3n) is 11.0. The lowest BCUT2D eigenvalue weighted by Gasteiger charge is -2.19.